The van der Waals surface area contributed by atoms with Crippen molar-refractivity contribution in [2.75, 3.05) is 0 Å². The Morgan fingerprint density at radius 3 is 2.42 bits per heavy atom. The Bertz CT molecular complexity index is 263. The molecule has 1 atom stereocenters. The summed E-state index contributed by atoms with van der Waals surface area (Å²) in [4.78, 5) is 0. The van der Waals surface area contributed by atoms with Gasteiger partial charge in [-0.3, -0.25) is 0 Å². The molecule has 1 rings (SSSR count). The summed E-state index contributed by atoms with van der Waals surface area (Å²) in [6, 6.07) is 5.19. The van der Waals surface area contributed by atoms with Gasteiger partial charge in [0.05, 0.1) is 0 Å². The number of aliphatic hydroxyl groups excluding tert-OH is 1. The summed E-state index contributed by atoms with van der Waals surface area (Å²) in [5.41, 5.74) is 0.0185. The van der Waals surface area contributed by atoms with E-state index in [0.29, 0.717) is 0 Å². The molecule has 0 aliphatic heterocycles. The monoisotopic (exact) mass is 174 g/mol. The molecule has 0 aliphatic carbocycles. The van der Waals surface area contributed by atoms with Gasteiger partial charge in [-0.2, -0.15) is 0 Å². The summed E-state index contributed by atoms with van der Waals surface area (Å²) in [7, 11) is 0. The van der Waals surface area contributed by atoms with E-state index in [1.165, 1.54) is 18.2 Å². The van der Waals surface area contributed by atoms with Gasteiger partial charge in [0.25, 0.3) is 6.43 Å². The molecule has 0 aliphatic rings. The Morgan fingerprint density at radius 1 is 1.25 bits per heavy atom. The lowest BCUT2D eigenvalue weighted by atomic mass is 10.1. The van der Waals surface area contributed by atoms with E-state index in [1.54, 1.807) is 0 Å². The number of halogens is 2. The molecule has 0 fully saturated rings. The number of phenols is 1. The van der Waals surface area contributed by atoms with Crippen LogP contribution >= 0.6 is 0 Å². The highest BCUT2D eigenvalue weighted by Gasteiger charge is 2.18. The first-order valence-electron chi connectivity index (χ1n) is 3.36. The van der Waals surface area contributed by atoms with E-state index in [0.717, 1.165) is 6.07 Å². The third-order valence-corrected chi connectivity index (χ3v) is 1.45. The molecule has 0 saturated heterocycles. The van der Waals surface area contributed by atoms with E-state index in [4.69, 9.17) is 10.2 Å². The number of rotatable bonds is 2. The van der Waals surface area contributed by atoms with Crippen molar-refractivity contribution in [1.82, 2.24) is 0 Å². The number of phenolic OH excluding ortho intramolecular Hbond substituents is 1. The molecule has 0 spiro atoms. The number of hydrogen-bond acceptors (Lipinski definition) is 2. The van der Waals surface area contributed by atoms with Crippen molar-refractivity contribution in [3.05, 3.63) is 29.8 Å². The van der Waals surface area contributed by atoms with Gasteiger partial charge in [0.15, 0.2) is 0 Å². The first-order chi connectivity index (χ1) is 5.61. The minimum absolute atomic E-state index is 0.0185. The van der Waals surface area contributed by atoms with Gasteiger partial charge in [0.1, 0.15) is 11.9 Å². The van der Waals surface area contributed by atoms with E-state index < -0.39 is 12.5 Å². The van der Waals surface area contributed by atoms with Crippen LogP contribution in [0, 0.1) is 0 Å². The fourth-order valence-electron chi connectivity index (χ4n) is 0.854. The van der Waals surface area contributed by atoms with Crippen molar-refractivity contribution in [1.29, 1.82) is 0 Å². The van der Waals surface area contributed by atoms with Crippen LogP contribution in [-0.4, -0.2) is 16.6 Å². The molecule has 12 heavy (non-hydrogen) atoms. The van der Waals surface area contributed by atoms with E-state index in [-0.39, 0.29) is 11.3 Å². The summed E-state index contributed by atoms with van der Waals surface area (Å²) in [5, 5.41) is 17.7. The summed E-state index contributed by atoms with van der Waals surface area (Å²) in [6.07, 6.45) is -4.65. The molecule has 0 heterocycles. The van der Waals surface area contributed by atoms with Crippen molar-refractivity contribution in [3.63, 3.8) is 0 Å². The Hall–Kier alpha value is -1.16. The maximum absolute atomic E-state index is 11.9. The fraction of sp³-hybridized carbons (Fsp3) is 0.250. The molecule has 0 aromatic heterocycles. The van der Waals surface area contributed by atoms with Gasteiger partial charge < -0.3 is 10.2 Å². The van der Waals surface area contributed by atoms with Crippen LogP contribution in [0.15, 0.2) is 24.3 Å². The molecule has 4 heteroatoms. The first-order valence-corrected chi connectivity index (χ1v) is 3.36. The van der Waals surface area contributed by atoms with Gasteiger partial charge in [-0.05, 0) is 17.7 Å². The number of benzene rings is 1. The molecule has 1 aromatic carbocycles. The van der Waals surface area contributed by atoms with Crippen LogP contribution in [0.4, 0.5) is 8.78 Å². The molecule has 0 radical (unpaired) electrons. The van der Waals surface area contributed by atoms with Gasteiger partial charge >= 0.3 is 0 Å². The summed E-state index contributed by atoms with van der Waals surface area (Å²) >= 11 is 0. The third-order valence-electron chi connectivity index (χ3n) is 1.45. The second-order valence-corrected chi connectivity index (χ2v) is 2.37. The molecule has 0 unspecified atom stereocenters. The molecule has 1 aromatic rings. The van der Waals surface area contributed by atoms with Crippen molar-refractivity contribution in [3.8, 4) is 5.75 Å². The number of aromatic hydroxyl groups is 1. The van der Waals surface area contributed by atoms with E-state index in [9.17, 15) is 8.78 Å². The van der Waals surface area contributed by atoms with Crippen molar-refractivity contribution in [2.24, 2.45) is 0 Å². The van der Waals surface area contributed by atoms with Crippen LogP contribution in [0.3, 0.4) is 0 Å². The SMILES string of the molecule is Oc1cccc([C@@H](O)C(F)F)c1. The van der Waals surface area contributed by atoms with Crippen LogP contribution in [0.5, 0.6) is 5.75 Å². The van der Waals surface area contributed by atoms with Gasteiger partial charge in [0, 0.05) is 0 Å². The maximum atomic E-state index is 11.9. The minimum Gasteiger partial charge on any atom is -0.508 e. The standard InChI is InChI=1S/C8H8F2O2/c9-8(10)7(12)5-2-1-3-6(11)4-5/h1-4,7-8,11-12H/t7-/m1/s1. The molecule has 66 valence electrons. The average molecular weight is 174 g/mol. The van der Waals surface area contributed by atoms with Crippen LogP contribution in [0.2, 0.25) is 0 Å². The summed E-state index contributed by atoms with van der Waals surface area (Å²) in [6.45, 7) is 0. The maximum Gasteiger partial charge on any atom is 0.268 e. The predicted octanol–water partition coefficient (Wildman–Crippen LogP) is 1.69. The quantitative estimate of drug-likeness (QED) is 0.716. The third kappa shape index (κ3) is 1.92. The Kier molecular flexibility index (Phi) is 2.60. The topological polar surface area (TPSA) is 40.5 Å². The van der Waals surface area contributed by atoms with Crippen molar-refractivity contribution >= 4 is 0 Å². The van der Waals surface area contributed by atoms with Crippen LogP contribution in [-0.2, 0) is 0 Å². The Balaban J connectivity index is 2.88. The van der Waals surface area contributed by atoms with Crippen LogP contribution in [0.1, 0.15) is 11.7 Å². The zero-order valence-electron chi connectivity index (χ0n) is 6.11. The normalized spacial score (nSPS) is 13.3. The Labute approximate surface area is 68.1 Å². The predicted molar refractivity (Wildman–Crippen MR) is 39.1 cm³/mol. The lowest BCUT2D eigenvalue weighted by Gasteiger charge is -2.08. The molecule has 0 amide bonds. The van der Waals surface area contributed by atoms with E-state index in [2.05, 4.69) is 0 Å². The molecule has 0 bridgehead atoms. The lowest BCUT2D eigenvalue weighted by Crippen LogP contribution is -2.07. The second kappa shape index (κ2) is 3.49. The zero-order chi connectivity index (χ0) is 9.14. The van der Waals surface area contributed by atoms with Gasteiger partial charge in [-0.25, -0.2) is 8.78 Å². The van der Waals surface area contributed by atoms with Crippen molar-refractivity contribution < 1.29 is 19.0 Å². The highest BCUT2D eigenvalue weighted by atomic mass is 19.3. The molecule has 2 N–H and O–H groups in total. The van der Waals surface area contributed by atoms with Gasteiger partial charge in [0.2, 0.25) is 0 Å². The largest absolute Gasteiger partial charge is 0.508 e. The van der Waals surface area contributed by atoms with Gasteiger partial charge in [-0.15, -0.1) is 0 Å². The number of aliphatic hydroxyl groups is 1. The summed E-state index contributed by atoms with van der Waals surface area (Å²) in [5.74, 6) is -0.132. The zero-order valence-corrected chi connectivity index (χ0v) is 6.11. The molecular weight excluding hydrogens is 166 g/mol. The highest BCUT2D eigenvalue weighted by molar-refractivity contribution is 5.28. The molecular formula is C8H8F2O2. The van der Waals surface area contributed by atoms with Crippen LogP contribution < -0.4 is 0 Å². The second-order valence-electron chi connectivity index (χ2n) is 2.37. The first kappa shape index (κ1) is 8.93. The van der Waals surface area contributed by atoms with E-state index in [1.807, 2.05) is 0 Å². The number of alkyl halides is 2. The van der Waals surface area contributed by atoms with Crippen LogP contribution in [0.25, 0.3) is 0 Å². The number of hydrogen-bond donors (Lipinski definition) is 2. The lowest BCUT2D eigenvalue weighted by molar-refractivity contribution is -0.00586. The Morgan fingerprint density at radius 2 is 1.92 bits per heavy atom. The minimum atomic E-state index is -2.83. The molecule has 0 saturated carbocycles. The van der Waals surface area contributed by atoms with E-state index >= 15 is 0 Å². The highest BCUT2D eigenvalue weighted by Crippen LogP contribution is 2.22. The average Bonchev–Trinajstić information content (AvgIpc) is 2.03. The molecule has 2 nitrogen and oxygen atoms in total. The van der Waals surface area contributed by atoms with Crippen molar-refractivity contribution in [2.45, 2.75) is 12.5 Å². The van der Waals surface area contributed by atoms with Gasteiger partial charge in [-0.1, -0.05) is 12.1 Å². The smallest absolute Gasteiger partial charge is 0.268 e. The fourth-order valence-corrected chi connectivity index (χ4v) is 0.854. The summed E-state index contributed by atoms with van der Waals surface area (Å²) < 4.78 is 23.8.